The van der Waals surface area contributed by atoms with Crippen molar-refractivity contribution in [3.63, 3.8) is 0 Å². The average molecular weight is 212 g/mol. The van der Waals surface area contributed by atoms with Gasteiger partial charge in [-0.05, 0) is 35.4 Å². The number of aromatic nitrogens is 1. The summed E-state index contributed by atoms with van der Waals surface area (Å²) in [5.74, 6) is -0.255. The van der Waals surface area contributed by atoms with Crippen LogP contribution in [0.5, 0.6) is 0 Å². The van der Waals surface area contributed by atoms with Gasteiger partial charge in [-0.1, -0.05) is 12.1 Å². The normalized spacial score (nSPS) is 9.75. The van der Waals surface area contributed by atoms with E-state index >= 15 is 0 Å². The largest absolute Gasteiger partial charge is 0.260 e. The molecule has 2 nitrogen and oxygen atoms in total. The predicted molar refractivity (Wildman–Crippen MR) is 58.9 cm³/mol. The first-order valence-corrected chi connectivity index (χ1v) is 4.87. The van der Waals surface area contributed by atoms with Gasteiger partial charge < -0.3 is 0 Å². The highest BCUT2D eigenvalue weighted by Gasteiger charge is 2.00. The summed E-state index contributed by atoms with van der Waals surface area (Å²) >= 11 is 0. The third-order valence-electron chi connectivity index (χ3n) is 2.25. The Balaban J connectivity index is 2.37. The van der Waals surface area contributed by atoms with Gasteiger partial charge in [0, 0.05) is 6.20 Å². The lowest BCUT2D eigenvalue weighted by Crippen LogP contribution is -1.88. The molecular weight excluding hydrogens is 203 g/mol. The van der Waals surface area contributed by atoms with Crippen LogP contribution >= 0.6 is 0 Å². The Hall–Kier alpha value is -2.21. The summed E-state index contributed by atoms with van der Waals surface area (Å²) in [5.41, 5.74) is 2.59. The molecule has 16 heavy (non-hydrogen) atoms. The maximum atomic E-state index is 12.7. The van der Waals surface area contributed by atoms with Crippen molar-refractivity contribution in [3.8, 4) is 17.2 Å². The molecule has 2 aromatic rings. The van der Waals surface area contributed by atoms with Crippen LogP contribution in [-0.4, -0.2) is 4.98 Å². The van der Waals surface area contributed by atoms with E-state index < -0.39 is 0 Å². The molecule has 78 valence electrons. The Bertz CT molecular complexity index is 526. The number of rotatable bonds is 2. The van der Waals surface area contributed by atoms with Crippen molar-refractivity contribution < 1.29 is 4.39 Å². The lowest BCUT2D eigenvalue weighted by Gasteiger charge is -2.02. The van der Waals surface area contributed by atoms with Gasteiger partial charge in [0.2, 0.25) is 0 Å². The van der Waals surface area contributed by atoms with E-state index in [0.717, 1.165) is 16.8 Å². The zero-order chi connectivity index (χ0) is 11.4. The molecule has 2 rings (SSSR count). The van der Waals surface area contributed by atoms with Crippen molar-refractivity contribution in [2.45, 2.75) is 6.42 Å². The van der Waals surface area contributed by atoms with Crippen molar-refractivity contribution in [1.29, 1.82) is 5.26 Å². The molecule has 0 N–H and O–H groups in total. The topological polar surface area (TPSA) is 36.7 Å². The van der Waals surface area contributed by atoms with Crippen molar-refractivity contribution in [1.82, 2.24) is 4.98 Å². The summed E-state index contributed by atoms with van der Waals surface area (Å²) < 4.78 is 12.7. The molecule has 0 aliphatic rings. The lowest BCUT2D eigenvalue weighted by atomic mass is 10.1. The molecule has 0 aliphatic heterocycles. The summed E-state index contributed by atoms with van der Waals surface area (Å²) in [7, 11) is 0. The smallest absolute Gasteiger partial charge is 0.123 e. The highest BCUT2D eigenvalue weighted by molar-refractivity contribution is 5.63. The van der Waals surface area contributed by atoms with E-state index in [1.165, 1.54) is 12.1 Å². The van der Waals surface area contributed by atoms with E-state index in [4.69, 9.17) is 5.26 Å². The van der Waals surface area contributed by atoms with E-state index in [1.807, 2.05) is 18.2 Å². The first-order valence-electron chi connectivity index (χ1n) is 4.87. The maximum Gasteiger partial charge on any atom is 0.123 e. The molecule has 0 atom stereocenters. The molecule has 0 spiro atoms. The standard InChI is InChI=1S/C13H9FN2/c14-12-3-1-10(2-4-12)11-6-8-16-13(9-11)5-7-15/h1-4,6,8-9H,5H2. The minimum absolute atomic E-state index is 0.255. The molecule has 0 saturated heterocycles. The monoisotopic (exact) mass is 212 g/mol. The van der Waals surface area contributed by atoms with E-state index in [0.29, 0.717) is 0 Å². The Labute approximate surface area is 93.0 Å². The summed E-state index contributed by atoms with van der Waals surface area (Å²) in [4.78, 5) is 4.08. The lowest BCUT2D eigenvalue weighted by molar-refractivity contribution is 0.628. The maximum absolute atomic E-state index is 12.7. The summed E-state index contributed by atoms with van der Waals surface area (Å²) in [6, 6.07) is 12.0. The van der Waals surface area contributed by atoms with Crippen LogP contribution in [0.15, 0.2) is 42.6 Å². The van der Waals surface area contributed by atoms with Crippen LogP contribution in [-0.2, 0) is 6.42 Å². The number of halogens is 1. The Kier molecular flexibility index (Phi) is 2.93. The van der Waals surface area contributed by atoms with Gasteiger partial charge in [0.25, 0.3) is 0 Å². The van der Waals surface area contributed by atoms with Crippen LogP contribution in [0.25, 0.3) is 11.1 Å². The van der Waals surface area contributed by atoms with Crippen molar-refractivity contribution >= 4 is 0 Å². The molecule has 0 aliphatic carbocycles. The van der Waals surface area contributed by atoms with Gasteiger partial charge in [-0.3, -0.25) is 4.98 Å². The summed E-state index contributed by atoms with van der Waals surface area (Å²) in [6.45, 7) is 0. The molecule has 0 unspecified atom stereocenters. The van der Waals surface area contributed by atoms with Crippen molar-refractivity contribution in [2.24, 2.45) is 0 Å². The Morgan fingerprint density at radius 1 is 1.12 bits per heavy atom. The molecule has 0 bridgehead atoms. The molecule has 0 radical (unpaired) electrons. The van der Waals surface area contributed by atoms with Gasteiger partial charge in [-0.25, -0.2) is 4.39 Å². The number of nitriles is 1. The van der Waals surface area contributed by atoms with Crippen LogP contribution in [0.3, 0.4) is 0 Å². The minimum atomic E-state index is -0.255. The van der Waals surface area contributed by atoms with Crippen molar-refractivity contribution in [3.05, 3.63) is 54.1 Å². The quantitative estimate of drug-likeness (QED) is 0.767. The Morgan fingerprint density at radius 2 is 1.88 bits per heavy atom. The van der Waals surface area contributed by atoms with Crippen LogP contribution in [0.1, 0.15) is 5.69 Å². The van der Waals surface area contributed by atoms with Crippen LogP contribution < -0.4 is 0 Å². The first kappa shape index (κ1) is 10.3. The van der Waals surface area contributed by atoms with Gasteiger partial charge in [0.05, 0.1) is 18.2 Å². The van der Waals surface area contributed by atoms with Gasteiger partial charge in [0.1, 0.15) is 5.82 Å². The summed E-state index contributed by atoms with van der Waals surface area (Å²) in [6.07, 6.45) is 1.94. The molecule has 0 fully saturated rings. The van der Waals surface area contributed by atoms with Gasteiger partial charge in [-0.2, -0.15) is 5.26 Å². The van der Waals surface area contributed by atoms with E-state index in [-0.39, 0.29) is 12.2 Å². The average Bonchev–Trinajstić information content (AvgIpc) is 2.31. The number of benzene rings is 1. The molecule has 3 heteroatoms. The number of hydrogen-bond acceptors (Lipinski definition) is 2. The SMILES string of the molecule is N#CCc1cc(-c2ccc(F)cc2)ccn1. The number of hydrogen-bond donors (Lipinski definition) is 0. The summed E-state index contributed by atoms with van der Waals surface area (Å²) in [5, 5.41) is 8.58. The van der Waals surface area contributed by atoms with Gasteiger partial charge in [-0.15, -0.1) is 0 Å². The zero-order valence-corrected chi connectivity index (χ0v) is 8.52. The number of pyridine rings is 1. The first-order chi connectivity index (χ1) is 7.79. The molecule has 0 saturated carbocycles. The van der Waals surface area contributed by atoms with E-state index in [2.05, 4.69) is 4.98 Å². The predicted octanol–water partition coefficient (Wildman–Crippen LogP) is 2.95. The van der Waals surface area contributed by atoms with Gasteiger partial charge in [0.15, 0.2) is 0 Å². The van der Waals surface area contributed by atoms with Crippen LogP contribution in [0.2, 0.25) is 0 Å². The van der Waals surface area contributed by atoms with Crippen LogP contribution in [0.4, 0.5) is 4.39 Å². The second-order valence-electron chi connectivity index (χ2n) is 3.38. The fraction of sp³-hybridized carbons (Fsp3) is 0.0769. The highest BCUT2D eigenvalue weighted by atomic mass is 19.1. The second-order valence-corrected chi connectivity index (χ2v) is 3.38. The van der Waals surface area contributed by atoms with E-state index in [9.17, 15) is 4.39 Å². The fourth-order valence-electron chi connectivity index (χ4n) is 1.48. The minimum Gasteiger partial charge on any atom is -0.260 e. The van der Waals surface area contributed by atoms with Crippen molar-refractivity contribution in [2.75, 3.05) is 0 Å². The molecule has 1 aromatic carbocycles. The fourth-order valence-corrected chi connectivity index (χ4v) is 1.48. The third-order valence-corrected chi connectivity index (χ3v) is 2.25. The molecule has 1 heterocycles. The molecule has 0 amide bonds. The zero-order valence-electron chi connectivity index (χ0n) is 8.52. The van der Waals surface area contributed by atoms with Gasteiger partial charge >= 0.3 is 0 Å². The molecule has 1 aromatic heterocycles. The Morgan fingerprint density at radius 3 is 2.56 bits per heavy atom. The second kappa shape index (κ2) is 4.54. The number of nitrogens with zero attached hydrogens (tertiary/aromatic N) is 2. The molecular formula is C13H9FN2. The highest BCUT2D eigenvalue weighted by Crippen LogP contribution is 2.19. The third kappa shape index (κ3) is 2.23. The van der Waals surface area contributed by atoms with Crippen LogP contribution in [0, 0.1) is 17.1 Å². The van der Waals surface area contributed by atoms with E-state index in [1.54, 1.807) is 18.3 Å².